The van der Waals surface area contributed by atoms with Gasteiger partial charge in [-0.1, -0.05) is 12.8 Å². The van der Waals surface area contributed by atoms with E-state index in [1.807, 2.05) is 6.92 Å². The summed E-state index contributed by atoms with van der Waals surface area (Å²) in [4.78, 5) is 10.8. The third kappa shape index (κ3) is 6.07. The number of thiazole rings is 1. The average molecular weight is 418 g/mol. The lowest BCUT2D eigenvalue weighted by Crippen LogP contribution is -2.50. The smallest absolute Gasteiger partial charge is 0.357 e. The van der Waals surface area contributed by atoms with Gasteiger partial charge in [0.1, 0.15) is 0 Å². The molecule has 9 heteroatoms. The van der Waals surface area contributed by atoms with Gasteiger partial charge in [0.05, 0.1) is 5.01 Å². The molecule has 1 aromatic rings. The van der Waals surface area contributed by atoms with Crippen LogP contribution in [-0.2, 0) is 12.6 Å². The van der Waals surface area contributed by atoms with Gasteiger partial charge >= 0.3 is 6.18 Å². The molecule has 2 N–H and O–H groups in total. The van der Waals surface area contributed by atoms with Crippen molar-refractivity contribution in [2.45, 2.75) is 70.1 Å². The van der Waals surface area contributed by atoms with Crippen LogP contribution in [0, 0.1) is 0 Å². The molecule has 2 fully saturated rings. The summed E-state index contributed by atoms with van der Waals surface area (Å²) in [6.07, 6.45) is 3.65. The van der Waals surface area contributed by atoms with Gasteiger partial charge in [0.15, 0.2) is 11.7 Å². The maximum absolute atomic E-state index is 12.6. The normalized spacial score (nSPS) is 20.6. The van der Waals surface area contributed by atoms with Gasteiger partial charge in [-0.15, -0.1) is 11.3 Å². The zero-order chi connectivity index (χ0) is 20.0. The van der Waals surface area contributed by atoms with E-state index in [0.29, 0.717) is 24.0 Å². The Labute approximate surface area is 168 Å². The van der Waals surface area contributed by atoms with Crippen LogP contribution < -0.4 is 10.6 Å². The maximum Gasteiger partial charge on any atom is 0.434 e. The minimum Gasteiger partial charge on any atom is -0.357 e. The lowest BCUT2D eigenvalue weighted by atomic mass is 10.0. The number of hydrogen-bond acceptors (Lipinski definition) is 4. The highest BCUT2D eigenvalue weighted by Gasteiger charge is 2.33. The lowest BCUT2D eigenvalue weighted by Gasteiger charge is -2.36. The fourth-order valence-corrected chi connectivity index (χ4v) is 4.81. The minimum atomic E-state index is -4.37. The number of guanidine groups is 1. The van der Waals surface area contributed by atoms with Gasteiger partial charge in [0.25, 0.3) is 0 Å². The Morgan fingerprint density at radius 3 is 2.57 bits per heavy atom. The predicted molar refractivity (Wildman–Crippen MR) is 107 cm³/mol. The molecule has 2 heterocycles. The molecular weight excluding hydrogens is 387 g/mol. The summed E-state index contributed by atoms with van der Waals surface area (Å²) in [6.45, 7) is 5.43. The van der Waals surface area contributed by atoms with Crippen molar-refractivity contribution in [1.29, 1.82) is 0 Å². The number of piperidine rings is 1. The molecule has 0 bridgehead atoms. The van der Waals surface area contributed by atoms with E-state index < -0.39 is 11.9 Å². The third-order valence-electron chi connectivity index (χ3n) is 5.49. The van der Waals surface area contributed by atoms with E-state index in [1.165, 1.54) is 25.7 Å². The molecule has 0 unspecified atom stereocenters. The minimum absolute atomic E-state index is 0.396. The number of alkyl halides is 3. The summed E-state index contributed by atoms with van der Waals surface area (Å²) < 4.78 is 37.9. The van der Waals surface area contributed by atoms with Crippen LogP contribution in [-0.4, -0.2) is 54.1 Å². The Balaban J connectivity index is 1.45. The molecule has 0 amide bonds. The van der Waals surface area contributed by atoms with Crippen molar-refractivity contribution in [3.05, 3.63) is 16.1 Å². The Bertz CT molecular complexity index is 632. The van der Waals surface area contributed by atoms with Gasteiger partial charge < -0.3 is 15.5 Å². The van der Waals surface area contributed by atoms with E-state index in [1.54, 1.807) is 0 Å². The molecule has 0 spiro atoms. The van der Waals surface area contributed by atoms with Crippen LogP contribution in [0.4, 0.5) is 13.2 Å². The van der Waals surface area contributed by atoms with E-state index in [0.717, 1.165) is 61.2 Å². The molecule has 158 valence electrons. The van der Waals surface area contributed by atoms with Crippen LogP contribution in [0.1, 0.15) is 56.2 Å². The van der Waals surface area contributed by atoms with Gasteiger partial charge in [-0.3, -0.25) is 4.99 Å². The van der Waals surface area contributed by atoms with E-state index in [2.05, 4.69) is 25.5 Å². The van der Waals surface area contributed by atoms with Crippen molar-refractivity contribution in [3.63, 3.8) is 0 Å². The molecule has 3 rings (SSSR count). The molecule has 5 nitrogen and oxygen atoms in total. The number of nitrogens with zero attached hydrogens (tertiary/aromatic N) is 3. The topological polar surface area (TPSA) is 52.6 Å². The highest BCUT2D eigenvalue weighted by molar-refractivity contribution is 7.09. The average Bonchev–Trinajstić information content (AvgIpc) is 3.34. The molecule has 2 aliphatic rings. The van der Waals surface area contributed by atoms with Crippen molar-refractivity contribution in [3.8, 4) is 0 Å². The summed E-state index contributed by atoms with van der Waals surface area (Å²) in [5.74, 6) is 0.745. The molecular formula is C19H30F3N5S. The zero-order valence-corrected chi connectivity index (χ0v) is 17.2. The van der Waals surface area contributed by atoms with Crippen molar-refractivity contribution >= 4 is 17.3 Å². The first kappa shape index (κ1) is 21.4. The second-order valence-corrected chi connectivity index (χ2v) is 8.47. The van der Waals surface area contributed by atoms with E-state index >= 15 is 0 Å². The Morgan fingerprint density at radius 2 is 1.96 bits per heavy atom. The van der Waals surface area contributed by atoms with Gasteiger partial charge in [-0.25, -0.2) is 4.98 Å². The van der Waals surface area contributed by atoms with Gasteiger partial charge in [-0.05, 0) is 32.6 Å². The number of aliphatic imine (C=N–C) groups is 1. The number of aromatic nitrogens is 1. The molecule has 1 aliphatic heterocycles. The summed E-state index contributed by atoms with van der Waals surface area (Å²) in [5.41, 5.74) is -0.810. The standard InChI is InChI=1S/C19H30F3N5S/c1-2-23-18(24-10-7-17-26-16(13-28-17)19(20,21)22)25-14-8-11-27(12-9-14)15-5-3-4-6-15/h13-15H,2-12H2,1H3,(H2,23,24,25). The highest BCUT2D eigenvalue weighted by atomic mass is 32.1. The Morgan fingerprint density at radius 1 is 1.25 bits per heavy atom. The van der Waals surface area contributed by atoms with Crippen molar-refractivity contribution in [1.82, 2.24) is 20.5 Å². The molecule has 28 heavy (non-hydrogen) atoms. The largest absolute Gasteiger partial charge is 0.434 e. The van der Waals surface area contributed by atoms with Crippen LogP contribution in [0.15, 0.2) is 10.4 Å². The zero-order valence-electron chi connectivity index (χ0n) is 16.4. The first-order valence-electron chi connectivity index (χ1n) is 10.3. The molecule has 1 aromatic heterocycles. The van der Waals surface area contributed by atoms with E-state index in [9.17, 15) is 13.2 Å². The van der Waals surface area contributed by atoms with E-state index in [-0.39, 0.29) is 0 Å². The van der Waals surface area contributed by atoms with E-state index in [4.69, 9.17) is 0 Å². The molecule has 1 aliphatic carbocycles. The summed E-state index contributed by atoms with van der Waals surface area (Å²) in [6, 6.07) is 1.18. The molecule has 1 saturated carbocycles. The van der Waals surface area contributed by atoms with Crippen molar-refractivity contribution < 1.29 is 13.2 Å². The number of likely N-dealkylation sites (tertiary alicyclic amines) is 1. The van der Waals surface area contributed by atoms with Gasteiger partial charge in [0, 0.05) is 50.1 Å². The summed E-state index contributed by atoms with van der Waals surface area (Å²) in [7, 11) is 0. The fraction of sp³-hybridized carbons (Fsp3) is 0.789. The van der Waals surface area contributed by atoms with Crippen molar-refractivity contribution in [2.24, 2.45) is 4.99 Å². The number of halogens is 3. The van der Waals surface area contributed by atoms with Crippen LogP contribution in [0.2, 0.25) is 0 Å². The first-order valence-corrected chi connectivity index (χ1v) is 11.1. The van der Waals surface area contributed by atoms with Crippen LogP contribution in [0.25, 0.3) is 0 Å². The monoisotopic (exact) mass is 417 g/mol. The number of hydrogen-bond donors (Lipinski definition) is 2. The van der Waals surface area contributed by atoms with Crippen LogP contribution in [0.3, 0.4) is 0 Å². The van der Waals surface area contributed by atoms with Crippen LogP contribution in [0.5, 0.6) is 0 Å². The lowest BCUT2D eigenvalue weighted by molar-refractivity contribution is -0.140. The Kier molecular flexibility index (Phi) is 7.56. The van der Waals surface area contributed by atoms with Gasteiger partial charge in [-0.2, -0.15) is 13.2 Å². The maximum atomic E-state index is 12.6. The molecule has 0 atom stereocenters. The SMILES string of the molecule is CCNC(=NCCc1nc(C(F)(F)F)cs1)NC1CCN(C2CCCC2)CC1. The van der Waals surface area contributed by atoms with Crippen molar-refractivity contribution in [2.75, 3.05) is 26.2 Å². The predicted octanol–water partition coefficient (Wildman–Crippen LogP) is 3.67. The fourth-order valence-electron chi connectivity index (χ4n) is 4.01. The molecule has 1 saturated heterocycles. The Hall–Kier alpha value is -1.35. The third-order valence-corrected chi connectivity index (χ3v) is 6.40. The van der Waals surface area contributed by atoms with Crippen LogP contribution >= 0.6 is 11.3 Å². The number of nitrogens with one attached hydrogen (secondary N) is 2. The first-order chi connectivity index (χ1) is 13.5. The summed E-state index contributed by atoms with van der Waals surface area (Å²) >= 11 is 1.04. The second-order valence-electron chi connectivity index (χ2n) is 7.53. The molecule has 0 radical (unpaired) electrons. The quantitative estimate of drug-likeness (QED) is 0.548. The van der Waals surface area contributed by atoms with Gasteiger partial charge in [0.2, 0.25) is 0 Å². The number of rotatable bonds is 6. The second kappa shape index (κ2) is 9.91. The molecule has 0 aromatic carbocycles. The highest BCUT2D eigenvalue weighted by Crippen LogP contribution is 2.30. The summed E-state index contributed by atoms with van der Waals surface area (Å²) in [5, 5.41) is 8.28.